The molecule has 0 aromatic rings. The first-order chi connectivity index (χ1) is 8.67. The first kappa shape index (κ1) is 13.9. The van der Waals surface area contributed by atoms with Gasteiger partial charge in [-0.05, 0) is 52.1 Å². The number of rotatable bonds is 4. The van der Waals surface area contributed by atoms with E-state index in [1.165, 1.54) is 32.1 Å². The van der Waals surface area contributed by atoms with Crippen molar-refractivity contribution in [2.75, 3.05) is 20.1 Å². The maximum Gasteiger partial charge on any atom is 0.228 e. The summed E-state index contributed by atoms with van der Waals surface area (Å²) in [7, 11) is 1.99. The number of hydrogen-bond acceptors (Lipinski definition) is 2. The summed E-state index contributed by atoms with van der Waals surface area (Å²) in [6, 6.07) is 0.483. The van der Waals surface area contributed by atoms with Gasteiger partial charge in [0, 0.05) is 18.0 Å². The zero-order valence-electron chi connectivity index (χ0n) is 12.0. The van der Waals surface area contributed by atoms with E-state index in [4.69, 9.17) is 0 Å². The van der Waals surface area contributed by atoms with E-state index >= 15 is 0 Å². The third kappa shape index (κ3) is 2.87. The molecule has 0 spiro atoms. The predicted molar refractivity (Wildman–Crippen MR) is 74.5 cm³/mol. The second-order valence-electron chi connectivity index (χ2n) is 6.31. The smallest absolute Gasteiger partial charge is 0.228 e. The number of nitrogens with zero attached hydrogens (tertiary/aromatic N) is 1. The minimum absolute atomic E-state index is 0.0464. The van der Waals surface area contributed by atoms with Gasteiger partial charge in [-0.3, -0.25) is 4.79 Å². The van der Waals surface area contributed by atoms with E-state index < -0.39 is 0 Å². The number of nitrogens with one attached hydrogen (secondary N) is 1. The molecule has 1 aliphatic heterocycles. The average Bonchev–Trinajstić information content (AvgIpc) is 2.84. The van der Waals surface area contributed by atoms with Crippen molar-refractivity contribution in [3.05, 3.63) is 0 Å². The first-order valence-electron chi connectivity index (χ1n) is 7.63. The molecular formula is C15H28N2O. The summed E-state index contributed by atoms with van der Waals surface area (Å²) in [6.07, 6.45) is 9.45. The lowest BCUT2D eigenvalue weighted by atomic mass is 9.85. The molecular weight excluding hydrogens is 224 g/mol. The summed E-state index contributed by atoms with van der Waals surface area (Å²) in [5.74, 6) is 0.445. The molecule has 0 aromatic heterocycles. The lowest BCUT2D eigenvalue weighted by Gasteiger charge is -2.40. The van der Waals surface area contributed by atoms with Gasteiger partial charge in [0.2, 0.25) is 5.91 Å². The summed E-state index contributed by atoms with van der Waals surface area (Å²) < 4.78 is 0. The highest BCUT2D eigenvalue weighted by atomic mass is 16.2. The molecule has 0 radical (unpaired) electrons. The van der Waals surface area contributed by atoms with Crippen molar-refractivity contribution >= 4 is 5.91 Å². The Balaban J connectivity index is 2.01. The van der Waals surface area contributed by atoms with Crippen molar-refractivity contribution in [3.8, 4) is 0 Å². The van der Waals surface area contributed by atoms with Crippen molar-refractivity contribution in [1.29, 1.82) is 0 Å². The van der Waals surface area contributed by atoms with E-state index in [1.54, 1.807) is 0 Å². The largest absolute Gasteiger partial charge is 0.339 e. The number of hydrogen-bond donors (Lipinski definition) is 1. The molecule has 1 amide bonds. The number of carbonyl (C=O) groups excluding carboxylic acids is 1. The second-order valence-corrected chi connectivity index (χ2v) is 6.31. The third-order valence-corrected chi connectivity index (χ3v) is 4.84. The van der Waals surface area contributed by atoms with Gasteiger partial charge in [0.05, 0.1) is 0 Å². The Morgan fingerprint density at radius 2 is 2.00 bits per heavy atom. The van der Waals surface area contributed by atoms with E-state index in [0.29, 0.717) is 11.9 Å². The Hall–Kier alpha value is -0.570. The third-order valence-electron chi connectivity index (χ3n) is 4.84. The molecule has 0 bridgehead atoms. The van der Waals surface area contributed by atoms with Crippen LogP contribution in [-0.4, -0.2) is 37.0 Å². The standard InChI is InChI=1S/C15H28N2O/c1-15(9-4-5-10-15)14(18)17-12-6-3-7-13(17)8-11-16-2/h13,16H,3-12H2,1-2H3. The van der Waals surface area contributed by atoms with Crippen molar-refractivity contribution in [2.24, 2.45) is 5.41 Å². The lowest BCUT2D eigenvalue weighted by molar-refractivity contribution is -0.145. The highest BCUT2D eigenvalue weighted by Crippen LogP contribution is 2.40. The topological polar surface area (TPSA) is 32.3 Å². The van der Waals surface area contributed by atoms with Crippen LogP contribution in [0.5, 0.6) is 0 Å². The van der Waals surface area contributed by atoms with Gasteiger partial charge in [-0.2, -0.15) is 0 Å². The van der Waals surface area contributed by atoms with Crippen LogP contribution >= 0.6 is 0 Å². The van der Waals surface area contributed by atoms with E-state index in [2.05, 4.69) is 17.1 Å². The van der Waals surface area contributed by atoms with Gasteiger partial charge in [-0.15, -0.1) is 0 Å². The SMILES string of the molecule is CNCCC1CCCCN1C(=O)C1(C)CCCC1. The van der Waals surface area contributed by atoms with Crippen LogP contribution in [0.2, 0.25) is 0 Å². The molecule has 0 aromatic carbocycles. The molecule has 3 nitrogen and oxygen atoms in total. The van der Waals surface area contributed by atoms with Gasteiger partial charge < -0.3 is 10.2 Å². The van der Waals surface area contributed by atoms with E-state index in [9.17, 15) is 4.79 Å². The van der Waals surface area contributed by atoms with Crippen LogP contribution in [0.4, 0.5) is 0 Å². The van der Waals surface area contributed by atoms with Crippen LogP contribution in [0.25, 0.3) is 0 Å². The summed E-state index contributed by atoms with van der Waals surface area (Å²) in [4.78, 5) is 15.0. The molecule has 1 atom stereocenters. The Morgan fingerprint density at radius 1 is 1.28 bits per heavy atom. The molecule has 1 aliphatic carbocycles. The molecule has 1 N–H and O–H groups in total. The maximum absolute atomic E-state index is 12.8. The van der Waals surface area contributed by atoms with E-state index in [0.717, 1.165) is 32.4 Å². The zero-order valence-corrected chi connectivity index (χ0v) is 12.0. The fourth-order valence-electron chi connectivity index (χ4n) is 3.59. The van der Waals surface area contributed by atoms with Crippen LogP contribution in [0.3, 0.4) is 0 Å². The van der Waals surface area contributed by atoms with Gasteiger partial charge in [0.15, 0.2) is 0 Å². The molecule has 1 unspecified atom stereocenters. The molecule has 104 valence electrons. The average molecular weight is 252 g/mol. The van der Waals surface area contributed by atoms with Gasteiger partial charge in [0.25, 0.3) is 0 Å². The Morgan fingerprint density at radius 3 is 2.67 bits per heavy atom. The Bertz CT molecular complexity index is 284. The number of amides is 1. The van der Waals surface area contributed by atoms with Crippen LogP contribution in [0, 0.1) is 5.41 Å². The summed E-state index contributed by atoms with van der Waals surface area (Å²) in [6.45, 7) is 4.19. The number of carbonyl (C=O) groups is 1. The maximum atomic E-state index is 12.8. The van der Waals surface area contributed by atoms with E-state index in [-0.39, 0.29) is 5.41 Å². The minimum Gasteiger partial charge on any atom is -0.339 e. The predicted octanol–water partition coefficient (Wildman–Crippen LogP) is 2.56. The highest BCUT2D eigenvalue weighted by Gasteiger charge is 2.41. The van der Waals surface area contributed by atoms with Crippen LogP contribution in [0.1, 0.15) is 58.3 Å². The minimum atomic E-state index is -0.0464. The van der Waals surface area contributed by atoms with Gasteiger partial charge in [-0.1, -0.05) is 19.8 Å². The monoisotopic (exact) mass is 252 g/mol. The second kappa shape index (κ2) is 6.05. The molecule has 3 heteroatoms. The van der Waals surface area contributed by atoms with Crippen molar-refractivity contribution in [3.63, 3.8) is 0 Å². The molecule has 2 aliphatic rings. The summed E-state index contributed by atoms with van der Waals surface area (Å²) in [5.41, 5.74) is -0.0464. The molecule has 1 saturated carbocycles. The van der Waals surface area contributed by atoms with E-state index in [1.807, 2.05) is 7.05 Å². The van der Waals surface area contributed by atoms with Crippen molar-refractivity contribution in [1.82, 2.24) is 10.2 Å². The Labute approximate surface area is 111 Å². The summed E-state index contributed by atoms with van der Waals surface area (Å²) >= 11 is 0. The fraction of sp³-hybridized carbons (Fsp3) is 0.933. The number of likely N-dealkylation sites (tertiary alicyclic amines) is 1. The normalized spacial score (nSPS) is 27.4. The fourth-order valence-corrected chi connectivity index (χ4v) is 3.59. The molecule has 2 rings (SSSR count). The van der Waals surface area contributed by atoms with Gasteiger partial charge in [-0.25, -0.2) is 0 Å². The van der Waals surface area contributed by atoms with Crippen molar-refractivity contribution in [2.45, 2.75) is 64.3 Å². The summed E-state index contributed by atoms with van der Waals surface area (Å²) in [5, 5.41) is 3.22. The first-order valence-corrected chi connectivity index (χ1v) is 7.63. The Kier molecular flexibility index (Phi) is 4.66. The zero-order chi connectivity index (χ0) is 13.0. The highest BCUT2D eigenvalue weighted by molar-refractivity contribution is 5.83. The van der Waals surface area contributed by atoms with Crippen LogP contribution < -0.4 is 5.32 Å². The lowest BCUT2D eigenvalue weighted by Crippen LogP contribution is -2.50. The quantitative estimate of drug-likeness (QED) is 0.834. The molecule has 1 saturated heterocycles. The van der Waals surface area contributed by atoms with Crippen molar-refractivity contribution < 1.29 is 4.79 Å². The number of piperidine rings is 1. The van der Waals surface area contributed by atoms with Gasteiger partial charge in [0.1, 0.15) is 0 Å². The van der Waals surface area contributed by atoms with Crippen LogP contribution in [0.15, 0.2) is 0 Å². The van der Waals surface area contributed by atoms with Crippen LogP contribution in [-0.2, 0) is 4.79 Å². The van der Waals surface area contributed by atoms with Gasteiger partial charge >= 0.3 is 0 Å². The molecule has 18 heavy (non-hydrogen) atoms. The molecule has 2 fully saturated rings. The molecule has 1 heterocycles.